The maximum absolute atomic E-state index is 12.5. The molecule has 2 rings (SSSR count). The molecule has 0 spiro atoms. The summed E-state index contributed by atoms with van der Waals surface area (Å²) in [5, 5.41) is 55.3. The van der Waals surface area contributed by atoms with Crippen LogP contribution in [0.4, 0.5) is 13.2 Å². The lowest BCUT2D eigenvalue weighted by Crippen LogP contribution is -2.56. The monoisotopic (exact) mass is 374 g/mol. The molecule has 6 nitrogen and oxygen atoms in total. The fourth-order valence-electron chi connectivity index (χ4n) is 3.80. The standard InChI is InChI=1S/C8H13F3O3.C8H16O3/c1-4-2-5(3-12)6(13)7(4,14)8(9,10)11;1-5-3-6(4-9)7(10)8(5,2)11/h4-6,12-14H,2-3H2,1H3;5-7,9-11H,3-4H2,1-2H3/t4-,5-,6-,7+;5-,6-,7-,8+/m11/s1. The first-order valence-electron chi connectivity index (χ1n) is 8.34. The normalized spacial score (nSPS) is 47.5. The second-order valence-electron chi connectivity index (χ2n) is 7.60. The largest absolute Gasteiger partial charge is 0.420 e. The molecule has 2 aliphatic carbocycles. The summed E-state index contributed by atoms with van der Waals surface area (Å²) in [6.45, 7) is 4.13. The van der Waals surface area contributed by atoms with Crippen LogP contribution < -0.4 is 0 Å². The summed E-state index contributed by atoms with van der Waals surface area (Å²) in [5.41, 5.74) is -4.10. The van der Waals surface area contributed by atoms with Crippen LogP contribution in [0.15, 0.2) is 0 Å². The van der Waals surface area contributed by atoms with E-state index in [-0.39, 0.29) is 24.9 Å². The molecule has 2 saturated carbocycles. The Morgan fingerprint density at radius 2 is 1.28 bits per heavy atom. The van der Waals surface area contributed by atoms with Crippen molar-refractivity contribution in [2.45, 2.75) is 63.2 Å². The number of aliphatic hydroxyl groups is 6. The first kappa shape index (κ1) is 22.6. The van der Waals surface area contributed by atoms with Gasteiger partial charge in [0, 0.05) is 25.0 Å². The van der Waals surface area contributed by atoms with E-state index in [0.717, 1.165) is 0 Å². The van der Waals surface area contributed by atoms with Crippen molar-refractivity contribution in [1.29, 1.82) is 0 Å². The van der Waals surface area contributed by atoms with Crippen molar-refractivity contribution >= 4 is 0 Å². The smallest absolute Gasteiger partial charge is 0.396 e. The molecule has 8 atom stereocenters. The Morgan fingerprint density at radius 1 is 0.880 bits per heavy atom. The summed E-state index contributed by atoms with van der Waals surface area (Å²) < 4.78 is 37.4. The zero-order valence-electron chi connectivity index (χ0n) is 14.6. The van der Waals surface area contributed by atoms with Gasteiger partial charge in [-0.3, -0.25) is 0 Å². The molecule has 0 bridgehead atoms. The van der Waals surface area contributed by atoms with Gasteiger partial charge in [0.25, 0.3) is 0 Å². The van der Waals surface area contributed by atoms with E-state index in [1.165, 1.54) is 6.92 Å². The Bertz CT molecular complexity index is 444. The van der Waals surface area contributed by atoms with E-state index in [9.17, 15) is 33.6 Å². The molecule has 150 valence electrons. The molecule has 0 aromatic carbocycles. The van der Waals surface area contributed by atoms with Gasteiger partial charge in [0.05, 0.1) is 17.8 Å². The third-order valence-corrected chi connectivity index (χ3v) is 5.93. The van der Waals surface area contributed by atoms with Crippen LogP contribution in [0.5, 0.6) is 0 Å². The van der Waals surface area contributed by atoms with Gasteiger partial charge < -0.3 is 30.6 Å². The second kappa shape index (κ2) is 7.66. The Balaban J connectivity index is 0.000000257. The first-order valence-corrected chi connectivity index (χ1v) is 8.34. The van der Waals surface area contributed by atoms with Crippen LogP contribution in [0, 0.1) is 23.7 Å². The number of alkyl halides is 3. The fourth-order valence-corrected chi connectivity index (χ4v) is 3.80. The summed E-state index contributed by atoms with van der Waals surface area (Å²) in [7, 11) is 0. The molecule has 0 heterocycles. The van der Waals surface area contributed by atoms with Gasteiger partial charge in [0.2, 0.25) is 0 Å². The molecule has 25 heavy (non-hydrogen) atoms. The topological polar surface area (TPSA) is 121 Å². The number of hydrogen-bond acceptors (Lipinski definition) is 6. The predicted molar refractivity (Wildman–Crippen MR) is 82.4 cm³/mol. The van der Waals surface area contributed by atoms with Crippen LogP contribution in [-0.4, -0.2) is 73.4 Å². The summed E-state index contributed by atoms with van der Waals surface area (Å²) in [6, 6.07) is 0. The minimum atomic E-state index is -4.87. The van der Waals surface area contributed by atoms with E-state index in [1.807, 2.05) is 6.92 Å². The number of rotatable bonds is 2. The molecule has 0 unspecified atom stereocenters. The maximum Gasteiger partial charge on any atom is 0.420 e. The van der Waals surface area contributed by atoms with Crippen molar-refractivity contribution in [3.8, 4) is 0 Å². The Kier molecular flexibility index (Phi) is 6.92. The quantitative estimate of drug-likeness (QED) is 0.406. The van der Waals surface area contributed by atoms with Gasteiger partial charge >= 0.3 is 6.18 Å². The lowest BCUT2D eigenvalue weighted by atomic mass is 9.90. The highest BCUT2D eigenvalue weighted by atomic mass is 19.4. The van der Waals surface area contributed by atoms with Crippen molar-refractivity contribution in [2.24, 2.45) is 23.7 Å². The Hall–Kier alpha value is -0.450. The highest BCUT2D eigenvalue weighted by molar-refractivity contribution is 5.06. The number of hydrogen-bond donors (Lipinski definition) is 6. The zero-order valence-corrected chi connectivity index (χ0v) is 14.6. The van der Waals surface area contributed by atoms with E-state index < -0.39 is 48.0 Å². The van der Waals surface area contributed by atoms with Gasteiger partial charge in [-0.15, -0.1) is 0 Å². The number of aliphatic hydroxyl groups excluding tert-OH is 4. The molecule has 0 aromatic rings. The zero-order chi connectivity index (χ0) is 19.8. The SMILES string of the molecule is C[C@@H]1C[C@H](CO)[C@@H](O)[C@@]1(C)O.C[C@@H]1C[C@H](CO)[C@@H](O)[C@]1(O)C(F)(F)F. The van der Waals surface area contributed by atoms with Gasteiger partial charge in [-0.2, -0.15) is 13.2 Å². The van der Waals surface area contributed by atoms with Gasteiger partial charge in [-0.1, -0.05) is 13.8 Å². The van der Waals surface area contributed by atoms with E-state index in [1.54, 1.807) is 6.92 Å². The molecule has 2 aliphatic rings. The highest BCUT2D eigenvalue weighted by Crippen LogP contribution is 2.48. The maximum atomic E-state index is 12.5. The Morgan fingerprint density at radius 3 is 1.48 bits per heavy atom. The lowest BCUT2D eigenvalue weighted by Gasteiger charge is -2.33. The first-order chi connectivity index (χ1) is 11.2. The van der Waals surface area contributed by atoms with Crippen LogP contribution in [0.25, 0.3) is 0 Å². The average molecular weight is 374 g/mol. The van der Waals surface area contributed by atoms with Gasteiger partial charge in [0.1, 0.15) is 0 Å². The third-order valence-electron chi connectivity index (χ3n) is 5.93. The summed E-state index contributed by atoms with van der Waals surface area (Å²) >= 11 is 0. The lowest BCUT2D eigenvalue weighted by molar-refractivity contribution is -0.297. The summed E-state index contributed by atoms with van der Waals surface area (Å²) in [6.07, 6.45) is -6.92. The Labute approximate surface area is 144 Å². The van der Waals surface area contributed by atoms with Crippen LogP contribution in [0.1, 0.15) is 33.6 Å². The summed E-state index contributed by atoms with van der Waals surface area (Å²) in [4.78, 5) is 0. The van der Waals surface area contributed by atoms with Crippen molar-refractivity contribution in [3.63, 3.8) is 0 Å². The summed E-state index contributed by atoms with van der Waals surface area (Å²) in [5.74, 6) is -2.10. The molecule has 6 N–H and O–H groups in total. The molecule has 0 saturated heterocycles. The average Bonchev–Trinajstić information content (AvgIpc) is 2.87. The molecular formula is C16H29F3O6. The van der Waals surface area contributed by atoms with Crippen molar-refractivity contribution < 1.29 is 43.8 Å². The minimum absolute atomic E-state index is 0.0341. The molecule has 0 aliphatic heterocycles. The van der Waals surface area contributed by atoms with Crippen molar-refractivity contribution in [3.05, 3.63) is 0 Å². The highest BCUT2D eigenvalue weighted by Gasteiger charge is 2.66. The van der Waals surface area contributed by atoms with Crippen LogP contribution in [0.2, 0.25) is 0 Å². The third kappa shape index (κ3) is 3.96. The fraction of sp³-hybridized carbons (Fsp3) is 1.00. The van der Waals surface area contributed by atoms with E-state index >= 15 is 0 Å². The van der Waals surface area contributed by atoms with Gasteiger partial charge in [-0.25, -0.2) is 0 Å². The van der Waals surface area contributed by atoms with Crippen molar-refractivity contribution in [2.75, 3.05) is 13.2 Å². The van der Waals surface area contributed by atoms with E-state index in [2.05, 4.69) is 0 Å². The predicted octanol–water partition coefficient (Wildman–Crippen LogP) is 0.0356. The van der Waals surface area contributed by atoms with Crippen molar-refractivity contribution in [1.82, 2.24) is 0 Å². The molecule has 0 radical (unpaired) electrons. The number of halogens is 3. The molecule has 0 aromatic heterocycles. The van der Waals surface area contributed by atoms with E-state index in [0.29, 0.717) is 6.42 Å². The van der Waals surface area contributed by atoms with Gasteiger partial charge in [0.15, 0.2) is 5.60 Å². The van der Waals surface area contributed by atoms with Crippen LogP contribution >= 0.6 is 0 Å². The van der Waals surface area contributed by atoms with Crippen LogP contribution in [-0.2, 0) is 0 Å². The second-order valence-corrected chi connectivity index (χ2v) is 7.60. The van der Waals surface area contributed by atoms with Gasteiger partial charge in [-0.05, 0) is 31.6 Å². The van der Waals surface area contributed by atoms with Crippen LogP contribution in [0.3, 0.4) is 0 Å². The molecule has 2 fully saturated rings. The molecular weight excluding hydrogens is 345 g/mol. The molecule has 0 amide bonds. The molecule has 9 heteroatoms. The minimum Gasteiger partial charge on any atom is -0.396 e. The van der Waals surface area contributed by atoms with E-state index in [4.69, 9.17) is 10.2 Å².